The van der Waals surface area contributed by atoms with Crippen LogP contribution in [-0.2, 0) is 22.5 Å². The predicted octanol–water partition coefficient (Wildman–Crippen LogP) is 0.944. The minimum absolute atomic E-state index is 0.000682. The molecule has 2 saturated heterocycles. The van der Waals surface area contributed by atoms with E-state index < -0.39 is 6.09 Å². The maximum absolute atomic E-state index is 13.0. The zero-order valence-electron chi connectivity index (χ0n) is 23.5. The lowest BCUT2D eigenvalue weighted by Crippen LogP contribution is -2.47. The number of hydroxylamine groups is 1. The van der Waals surface area contributed by atoms with E-state index in [4.69, 9.17) is 25.3 Å². The zero-order valence-corrected chi connectivity index (χ0v) is 23.5. The molecule has 0 unspecified atom stereocenters. The second kappa shape index (κ2) is 12.1. The lowest BCUT2D eigenvalue weighted by molar-refractivity contribution is 0.0664. The van der Waals surface area contributed by atoms with Crippen molar-refractivity contribution in [3.8, 4) is 11.3 Å². The molecule has 1 aromatic carbocycles. The quantitative estimate of drug-likeness (QED) is 0.430. The molecular weight excluding hydrogens is 540 g/mol. The molecule has 0 saturated carbocycles. The van der Waals surface area contributed by atoms with Gasteiger partial charge in [0, 0.05) is 74.9 Å². The number of rotatable bonds is 6. The van der Waals surface area contributed by atoms with Gasteiger partial charge in [-0.25, -0.2) is 19.7 Å². The minimum Gasteiger partial charge on any atom is -0.378 e. The first kappa shape index (κ1) is 27.6. The first-order valence-electron chi connectivity index (χ1n) is 14.1. The van der Waals surface area contributed by atoms with Gasteiger partial charge in [-0.15, -0.1) is 0 Å². The van der Waals surface area contributed by atoms with Crippen molar-refractivity contribution in [2.24, 2.45) is 0 Å². The van der Waals surface area contributed by atoms with Crippen molar-refractivity contribution in [3.63, 3.8) is 0 Å². The maximum Gasteiger partial charge on any atom is 0.431 e. The van der Waals surface area contributed by atoms with Gasteiger partial charge in [0.25, 0.3) is 5.91 Å². The lowest BCUT2D eigenvalue weighted by atomic mass is 10.1. The molecular formula is C28H34N10O4. The van der Waals surface area contributed by atoms with Crippen molar-refractivity contribution in [2.75, 3.05) is 81.8 Å². The van der Waals surface area contributed by atoms with Gasteiger partial charge < -0.3 is 35.3 Å². The van der Waals surface area contributed by atoms with E-state index in [2.05, 4.69) is 27.2 Å². The molecule has 0 aliphatic carbocycles. The number of nitrogen functional groups attached to an aromatic ring is 1. The molecule has 0 radical (unpaired) electrons. The third-order valence-electron chi connectivity index (χ3n) is 7.61. The number of nitrogens with one attached hydrogen (secondary N) is 1. The van der Waals surface area contributed by atoms with Crippen molar-refractivity contribution in [1.82, 2.24) is 35.1 Å². The van der Waals surface area contributed by atoms with Crippen LogP contribution in [0, 0.1) is 0 Å². The molecule has 0 spiro atoms. The summed E-state index contributed by atoms with van der Waals surface area (Å²) in [6.45, 7) is 6.18. The van der Waals surface area contributed by atoms with Gasteiger partial charge >= 0.3 is 6.09 Å². The fraction of sp³-hybridized carbons (Fsp3) is 0.429. The van der Waals surface area contributed by atoms with Crippen LogP contribution in [0.2, 0.25) is 0 Å². The summed E-state index contributed by atoms with van der Waals surface area (Å²) in [7, 11) is 2.05. The standard InChI is InChI=1S/C28H34N10O4/c1-35-7-9-36(10-8-35)25(39)20-4-2-3-19(15-20)16-32-28(40)42-38-6-5-22-23(21-17-30-26(29)31-18-21)33-27(34-24(22)38)37-11-13-41-14-12-37/h2-4,15,17-18H,5-14,16H2,1H3,(H,32,40)(H2,29,30,31). The van der Waals surface area contributed by atoms with Crippen LogP contribution in [0.5, 0.6) is 0 Å². The molecule has 0 atom stereocenters. The zero-order chi connectivity index (χ0) is 29.1. The molecule has 2 aromatic heterocycles. The molecule has 3 aliphatic heterocycles. The van der Waals surface area contributed by atoms with Gasteiger partial charge in [0.05, 0.1) is 25.5 Å². The fourth-order valence-corrected chi connectivity index (χ4v) is 5.22. The van der Waals surface area contributed by atoms with Crippen LogP contribution in [0.25, 0.3) is 11.3 Å². The van der Waals surface area contributed by atoms with Crippen molar-refractivity contribution in [1.29, 1.82) is 0 Å². The number of amides is 2. The number of benzene rings is 1. The van der Waals surface area contributed by atoms with Crippen molar-refractivity contribution < 1.29 is 19.2 Å². The van der Waals surface area contributed by atoms with Crippen molar-refractivity contribution in [2.45, 2.75) is 13.0 Å². The van der Waals surface area contributed by atoms with Crippen LogP contribution in [0.4, 0.5) is 22.5 Å². The van der Waals surface area contributed by atoms with Gasteiger partial charge in [-0.3, -0.25) is 4.79 Å². The highest BCUT2D eigenvalue weighted by molar-refractivity contribution is 5.94. The largest absolute Gasteiger partial charge is 0.431 e. The summed E-state index contributed by atoms with van der Waals surface area (Å²) < 4.78 is 5.49. The summed E-state index contributed by atoms with van der Waals surface area (Å²) in [5.41, 5.74) is 9.32. The van der Waals surface area contributed by atoms with Crippen LogP contribution in [0.3, 0.4) is 0 Å². The molecule has 42 heavy (non-hydrogen) atoms. The minimum atomic E-state index is -0.623. The summed E-state index contributed by atoms with van der Waals surface area (Å²) in [6, 6.07) is 7.32. The van der Waals surface area contributed by atoms with Gasteiger partial charge in [-0.05, 0) is 31.2 Å². The van der Waals surface area contributed by atoms with E-state index in [-0.39, 0.29) is 18.4 Å². The van der Waals surface area contributed by atoms with Gasteiger partial charge in [-0.1, -0.05) is 12.1 Å². The molecule has 3 aliphatic rings. The summed E-state index contributed by atoms with van der Waals surface area (Å²) in [5, 5.41) is 4.29. The van der Waals surface area contributed by atoms with Gasteiger partial charge in [0.1, 0.15) is 0 Å². The molecule has 3 N–H and O–H groups in total. The Balaban J connectivity index is 1.15. The number of anilines is 3. The van der Waals surface area contributed by atoms with Crippen molar-refractivity contribution >= 4 is 29.7 Å². The number of aromatic nitrogens is 4. The van der Waals surface area contributed by atoms with Crippen LogP contribution >= 0.6 is 0 Å². The highest BCUT2D eigenvalue weighted by atomic mass is 16.7. The van der Waals surface area contributed by atoms with Gasteiger partial charge in [0.15, 0.2) is 5.82 Å². The van der Waals surface area contributed by atoms with E-state index in [1.165, 1.54) is 5.06 Å². The van der Waals surface area contributed by atoms with Crippen molar-refractivity contribution in [3.05, 3.63) is 53.3 Å². The number of nitrogens with zero attached hydrogens (tertiary/aromatic N) is 8. The predicted molar refractivity (Wildman–Crippen MR) is 155 cm³/mol. The Labute approximate surface area is 243 Å². The molecule has 3 aromatic rings. The number of piperazine rings is 1. The number of nitrogens with two attached hydrogens (primary N) is 1. The normalized spacial score (nSPS) is 17.2. The maximum atomic E-state index is 13.0. The Hall–Kier alpha value is -4.56. The highest BCUT2D eigenvalue weighted by Gasteiger charge is 2.31. The van der Waals surface area contributed by atoms with E-state index in [1.54, 1.807) is 18.5 Å². The van der Waals surface area contributed by atoms with Gasteiger partial charge in [0.2, 0.25) is 11.9 Å². The SMILES string of the molecule is CN1CCN(C(=O)c2cccc(CNC(=O)ON3CCc4c(-c5cnc(N)nc5)nc(N5CCOCC5)nc43)c2)CC1. The number of likely N-dealkylation sites (N-methyl/N-ethyl adjacent to an activating group) is 1. The van der Waals surface area contributed by atoms with Gasteiger partial charge in [-0.2, -0.15) is 10.0 Å². The van der Waals surface area contributed by atoms with Crippen LogP contribution in [-0.4, -0.2) is 108 Å². The molecule has 14 nitrogen and oxygen atoms in total. The molecule has 5 heterocycles. The van der Waals surface area contributed by atoms with E-state index in [0.29, 0.717) is 80.9 Å². The van der Waals surface area contributed by atoms with E-state index in [0.717, 1.165) is 24.2 Å². The topological polar surface area (TPSA) is 155 Å². The second-order valence-corrected chi connectivity index (χ2v) is 10.5. The molecule has 2 fully saturated rings. The van der Waals surface area contributed by atoms with E-state index in [9.17, 15) is 9.59 Å². The Morgan fingerprint density at radius 1 is 1.02 bits per heavy atom. The summed E-state index contributed by atoms with van der Waals surface area (Å²) >= 11 is 0. The molecule has 220 valence electrons. The summed E-state index contributed by atoms with van der Waals surface area (Å²) in [5.74, 6) is 1.21. The molecule has 0 bridgehead atoms. The average molecular weight is 575 g/mol. The Morgan fingerprint density at radius 2 is 1.79 bits per heavy atom. The molecule has 2 amide bonds. The Kier molecular flexibility index (Phi) is 7.97. The smallest absolute Gasteiger partial charge is 0.378 e. The molecule has 14 heteroatoms. The van der Waals surface area contributed by atoms with E-state index >= 15 is 0 Å². The third-order valence-corrected chi connectivity index (χ3v) is 7.61. The second-order valence-electron chi connectivity index (χ2n) is 10.5. The number of hydrogen-bond donors (Lipinski definition) is 2. The van der Waals surface area contributed by atoms with Crippen LogP contribution in [0.15, 0.2) is 36.7 Å². The number of carbonyl (C=O) groups excluding carboxylic acids is 2. The number of morpholine rings is 1. The molecule has 6 rings (SSSR count). The summed E-state index contributed by atoms with van der Waals surface area (Å²) in [6.07, 6.45) is 3.21. The summed E-state index contributed by atoms with van der Waals surface area (Å²) in [4.78, 5) is 55.6. The number of hydrogen-bond acceptors (Lipinski definition) is 12. The number of fused-ring (bicyclic) bond motifs is 1. The highest BCUT2D eigenvalue weighted by Crippen LogP contribution is 2.35. The Bertz CT molecular complexity index is 1440. The van der Waals surface area contributed by atoms with E-state index in [1.807, 2.05) is 28.0 Å². The van der Waals surface area contributed by atoms with Crippen LogP contribution in [0.1, 0.15) is 21.5 Å². The number of carbonyl (C=O) groups is 2. The third kappa shape index (κ3) is 6.04. The average Bonchev–Trinajstić information content (AvgIpc) is 3.43. The monoisotopic (exact) mass is 574 g/mol. The lowest BCUT2D eigenvalue weighted by Gasteiger charge is -2.32. The fourth-order valence-electron chi connectivity index (χ4n) is 5.22. The first-order chi connectivity index (χ1) is 20.4. The Morgan fingerprint density at radius 3 is 2.55 bits per heavy atom. The number of ether oxygens (including phenoxy) is 1. The first-order valence-corrected chi connectivity index (χ1v) is 14.1. The van der Waals surface area contributed by atoms with Crippen LogP contribution < -0.4 is 21.0 Å².